The first kappa shape index (κ1) is 14.1. The van der Waals surface area contributed by atoms with E-state index in [4.69, 9.17) is 17.3 Å². The van der Waals surface area contributed by atoms with E-state index in [9.17, 15) is 0 Å². The van der Waals surface area contributed by atoms with Gasteiger partial charge in [0.25, 0.3) is 0 Å². The van der Waals surface area contributed by atoms with E-state index >= 15 is 0 Å². The fraction of sp³-hybridized carbons (Fsp3) is 0.400. The highest BCUT2D eigenvalue weighted by Gasteiger charge is 2.09. The Morgan fingerprint density at radius 2 is 2.00 bits per heavy atom. The minimum absolute atomic E-state index is 0.496. The molecular formula is C15H20ClN3. The van der Waals surface area contributed by atoms with Crippen LogP contribution in [-0.2, 0) is 19.9 Å². The number of nitrogens with two attached hydrogens (primary N) is 1. The van der Waals surface area contributed by atoms with E-state index in [2.05, 4.69) is 23.3 Å². The van der Waals surface area contributed by atoms with Crippen LogP contribution in [-0.4, -0.2) is 16.3 Å². The van der Waals surface area contributed by atoms with Crippen molar-refractivity contribution >= 4 is 11.6 Å². The fourth-order valence-corrected chi connectivity index (χ4v) is 2.38. The SMILES string of the molecule is Cn1nccc1CCC(CN)Cc1ccc(Cl)cc1. The lowest BCUT2D eigenvalue weighted by Crippen LogP contribution is -2.18. The summed E-state index contributed by atoms with van der Waals surface area (Å²) in [6.45, 7) is 0.709. The van der Waals surface area contributed by atoms with Gasteiger partial charge in [0.1, 0.15) is 0 Å². The summed E-state index contributed by atoms with van der Waals surface area (Å²) < 4.78 is 1.93. The first-order valence-corrected chi connectivity index (χ1v) is 6.98. The molecule has 4 heteroatoms. The van der Waals surface area contributed by atoms with Gasteiger partial charge in [-0.05, 0) is 55.5 Å². The van der Waals surface area contributed by atoms with Gasteiger partial charge in [0.05, 0.1) is 0 Å². The zero-order chi connectivity index (χ0) is 13.7. The number of nitrogens with zero attached hydrogens (tertiary/aromatic N) is 2. The monoisotopic (exact) mass is 277 g/mol. The molecule has 0 spiro atoms. The van der Waals surface area contributed by atoms with Crippen LogP contribution in [0.25, 0.3) is 0 Å². The second kappa shape index (κ2) is 6.73. The van der Waals surface area contributed by atoms with E-state index in [1.807, 2.05) is 30.1 Å². The summed E-state index contributed by atoms with van der Waals surface area (Å²) in [5, 5.41) is 4.97. The van der Waals surface area contributed by atoms with Crippen LogP contribution in [0, 0.1) is 5.92 Å². The summed E-state index contributed by atoms with van der Waals surface area (Å²) in [5.74, 6) is 0.496. The predicted octanol–water partition coefficient (Wildman–Crippen LogP) is 2.82. The van der Waals surface area contributed by atoms with Crippen LogP contribution in [0.5, 0.6) is 0 Å². The molecule has 0 aliphatic carbocycles. The molecule has 1 aromatic carbocycles. The number of hydrogen-bond acceptors (Lipinski definition) is 2. The maximum Gasteiger partial charge on any atom is 0.0492 e. The Hall–Kier alpha value is -1.32. The predicted molar refractivity (Wildman–Crippen MR) is 79.2 cm³/mol. The third-order valence-corrected chi connectivity index (χ3v) is 3.75. The molecule has 2 aromatic rings. The number of aryl methyl sites for hydroxylation is 2. The van der Waals surface area contributed by atoms with Gasteiger partial charge >= 0.3 is 0 Å². The normalized spacial score (nSPS) is 12.6. The van der Waals surface area contributed by atoms with Crippen LogP contribution in [0.3, 0.4) is 0 Å². The molecule has 1 heterocycles. The number of hydrogen-bond donors (Lipinski definition) is 1. The number of aromatic nitrogens is 2. The van der Waals surface area contributed by atoms with E-state index in [1.165, 1.54) is 11.3 Å². The van der Waals surface area contributed by atoms with Crippen LogP contribution in [0.4, 0.5) is 0 Å². The first-order chi connectivity index (χ1) is 9.19. The number of halogens is 1. The molecule has 2 N–H and O–H groups in total. The topological polar surface area (TPSA) is 43.8 Å². The molecule has 0 saturated carbocycles. The molecule has 0 radical (unpaired) electrons. The van der Waals surface area contributed by atoms with Gasteiger partial charge in [-0.25, -0.2) is 0 Å². The smallest absolute Gasteiger partial charge is 0.0492 e. The molecule has 19 heavy (non-hydrogen) atoms. The van der Waals surface area contributed by atoms with E-state index in [-0.39, 0.29) is 0 Å². The van der Waals surface area contributed by atoms with Gasteiger partial charge < -0.3 is 5.73 Å². The highest BCUT2D eigenvalue weighted by molar-refractivity contribution is 6.30. The Bertz CT molecular complexity index is 504. The lowest BCUT2D eigenvalue weighted by Gasteiger charge is -2.14. The van der Waals surface area contributed by atoms with Crippen molar-refractivity contribution in [2.24, 2.45) is 18.7 Å². The molecular weight excluding hydrogens is 258 g/mol. The van der Waals surface area contributed by atoms with Crippen molar-refractivity contribution < 1.29 is 0 Å². The second-order valence-electron chi connectivity index (χ2n) is 4.92. The van der Waals surface area contributed by atoms with E-state index < -0.39 is 0 Å². The highest BCUT2D eigenvalue weighted by Crippen LogP contribution is 2.16. The van der Waals surface area contributed by atoms with E-state index in [0.717, 1.165) is 24.3 Å². The quantitative estimate of drug-likeness (QED) is 0.882. The van der Waals surface area contributed by atoms with Crippen LogP contribution in [0.1, 0.15) is 17.7 Å². The summed E-state index contributed by atoms with van der Waals surface area (Å²) >= 11 is 5.89. The lowest BCUT2D eigenvalue weighted by molar-refractivity contribution is 0.485. The number of rotatable bonds is 6. The largest absolute Gasteiger partial charge is 0.330 e. The fourth-order valence-electron chi connectivity index (χ4n) is 2.26. The average Bonchev–Trinajstić information content (AvgIpc) is 2.82. The first-order valence-electron chi connectivity index (χ1n) is 6.60. The maximum absolute atomic E-state index is 5.89. The van der Waals surface area contributed by atoms with Crippen molar-refractivity contribution in [1.82, 2.24) is 9.78 Å². The van der Waals surface area contributed by atoms with Gasteiger partial charge in [-0.1, -0.05) is 23.7 Å². The van der Waals surface area contributed by atoms with Crippen molar-refractivity contribution in [3.8, 4) is 0 Å². The van der Waals surface area contributed by atoms with Crippen LogP contribution >= 0.6 is 11.6 Å². The molecule has 1 unspecified atom stereocenters. The summed E-state index contributed by atoms with van der Waals surface area (Å²) in [4.78, 5) is 0. The van der Waals surface area contributed by atoms with Gasteiger partial charge in [0.15, 0.2) is 0 Å². The van der Waals surface area contributed by atoms with E-state index in [1.54, 1.807) is 0 Å². The zero-order valence-electron chi connectivity index (χ0n) is 11.2. The highest BCUT2D eigenvalue weighted by atomic mass is 35.5. The van der Waals surface area contributed by atoms with Crippen LogP contribution in [0.15, 0.2) is 36.5 Å². The minimum atomic E-state index is 0.496. The standard InChI is InChI=1S/C15H20ClN3/c1-19-15(8-9-18-19)7-4-13(11-17)10-12-2-5-14(16)6-3-12/h2-3,5-6,8-9,13H,4,7,10-11,17H2,1H3. The van der Waals surface area contributed by atoms with E-state index in [0.29, 0.717) is 12.5 Å². The Labute approximate surface area is 119 Å². The van der Waals surface area contributed by atoms with Crippen LogP contribution in [0.2, 0.25) is 5.02 Å². The minimum Gasteiger partial charge on any atom is -0.330 e. The molecule has 0 bridgehead atoms. The van der Waals surface area contributed by atoms with Gasteiger partial charge in [0, 0.05) is 24.0 Å². The maximum atomic E-state index is 5.89. The third kappa shape index (κ3) is 4.08. The van der Waals surface area contributed by atoms with Gasteiger partial charge in [0.2, 0.25) is 0 Å². The Morgan fingerprint density at radius 1 is 1.26 bits per heavy atom. The Balaban J connectivity index is 1.90. The summed E-state index contributed by atoms with van der Waals surface area (Å²) in [7, 11) is 1.98. The van der Waals surface area contributed by atoms with Crippen molar-refractivity contribution in [2.75, 3.05) is 6.54 Å². The van der Waals surface area contributed by atoms with Gasteiger partial charge in [-0.3, -0.25) is 4.68 Å². The summed E-state index contributed by atoms with van der Waals surface area (Å²) in [5.41, 5.74) is 8.43. The molecule has 3 nitrogen and oxygen atoms in total. The number of benzene rings is 1. The Morgan fingerprint density at radius 3 is 2.58 bits per heavy atom. The van der Waals surface area contributed by atoms with Crippen molar-refractivity contribution in [3.63, 3.8) is 0 Å². The zero-order valence-corrected chi connectivity index (χ0v) is 12.0. The molecule has 2 rings (SSSR count). The molecule has 0 amide bonds. The molecule has 0 aliphatic heterocycles. The molecule has 0 aliphatic rings. The molecule has 1 aromatic heterocycles. The van der Waals surface area contributed by atoms with Crippen LogP contribution < -0.4 is 5.73 Å². The molecule has 102 valence electrons. The van der Waals surface area contributed by atoms with Crippen molar-refractivity contribution in [2.45, 2.75) is 19.3 Å². The molecule has 1 atom stereocenters. The Kier molecular flexibility index (Phi) is 5.00. The van der Waals surface area contributed by atoms with Crippen molar-refractivity contribution in [1.29, 1.82) is 0 Å². The second-order valence-corrected chi connectivity index (χ2v) is 5.35. The molecule has 0 saturated heterocycles. The average molecular weight is 278 g/mol. The lowest BCUT2D eigenvalue weighted by atomic mass is 9.94. The van der Waals surface area contributed by atoms with Gasteiger partial charge in [-0.2, -0.15) is 5.10 Å². The third-order valence-electron chi connectivity index (χ3n) is 3.50. The molecule has 0 fully saturated rings. The van der Waals surface area contributed by atoms with Gasteiger partial charge in [-0.15, -0.1) is 0 Å². The summed E-state index contributed by atoms with van der Waals surface area (Å²) in [6.07, 6.45) is 4.95. The van der Waals surface area contributed by atoms with Crippen molar-refractivity contribution in [3.05, 3.63) is 52.8 Å². The summed E-state index contributed by atoms with van der Waals surface area (Å²) in [6, 6.07) is 10.1.